The second-order valence-corrected chi connectivity index (χ2v) is 8.69. The summed E-state index contributed by atoms with van der Waals surface area (Å²) >= 11 is 2.03. The van der Waals surface area contributed by atoms with Gasteiger partial charge in [-0.2, -0.15) is 11.8 Å². The third-order valence-electron chi connectivity index (χ3n) is 3.60. The highest BCUT2D eigenvalue weighted by Crippen LogP contribution is 2.28. The van der Waals surface area contributed by atoms with E-state index < -0.39 is 9.84 Å². The quantitative estimate of drug-likeness (QED) is 0.709. The summed E-state index contributed by atoms with van der Waals surface area (Å²) in [5.74, 6) is 3.88. The van der Waals surface area contributed by atoms with Crippen LogP contribution in [0.2, 0.25) is 0 Å². The molecule has 0 aromatic carbocycles. The van der Waals surface area contributed by atoms with Gasteiger partial charge in [-0.3, -0.25) is 0 Å². The molecule has 0 radical (unpaired) electrons. The van der Waals surface area contributed by atoms with Crippen LogP contribution in [0, 0.1) is 5.92 Å². The summed E-state index contributed by atoms with van der Waals surface area (Å²) < 4.78 is 23.0. The SMILES string of the molecule is CCCNC(CCCS(=O)(=O)CC)C1CCSC1. The van der Waals surface area contributed by atoms with Gasteiger partial charge in [0.25, 0.3) is 0 Å². The van der Waals surface area contributed by atoms with E-state index in [1.807, 2.05) is 11.8 Å². The van der Waals surface area contributed by atoms with Crippen LogP contribution in [-0.4, -0.2) is 44.0 Å². The average molecular weight is 293 g/mol. The van der Waals surface area contributed by atoms with Crippen molar-refractivity contribution in [2.75, 3.05) is 29.6 Å². The van der Waals surface area contributed by atoms with Crippen molar-refractivity contribution < 1.29 is 8.42 Å². The van der Waals surface area contributed by atoms with Gasteiger partial charge in [0, 0.05) is 11.8 Å². The fourth-order valence-corrected chi connectivity index (χ4v) is 4.60. The lowest BCUT2D eigenvalue weighted by atomic mass is 9.95. The monoisotopic (exact) mass is 293 g/mol. The van der Waals surface area contributed by atoms with Crippen molar-refractivity contribution in [2.45, 2.75) is 45.6 Å². The van der Waals surface area contributed by atoms with Crippen molar-refractivity contribution >= 4 is 21.6 Å². The van der Waals surface area contributed by atoms with E-state index in [9.17, 15) is 8.42 Å². The minimum Gasteiger partial charge on any atom is -0.314 e. The van der Waals surface area contributed by atoms with Crippen molar-refractivity contribution in [3.05, 3.63) is 0 Å². The standard InChI is InChI=1S/C13H27NO2S2/c1-3-8-14-13(12-7-9-17-11-12)6-5-10-18(15,16)4-2/h12-14H,3-11H2,1-2H3. The lowest BCUT2D eigenvalue weighted by Gasteiger charge is -2.24. The minimum absolute atomic E-state index is 0.277. The molecule has 1 aliphatic heterocycles. The van der Waals surface area contributed by atoms with E-state index in [1.165, 1.54) is 17.9 Å². The number of hydrogen-bond acceptors (Lipinski definition) is 4. The molecule has 108 valence electrons. The first-order valence-electron chi connectivity index (χ1n) is 7.10. The van der Waals surface area contributed by atoms with Gasteiger partial charge in [-0.25, -0.2) is 8.42 Å². The normalized spacial score (nSPS) is 22.2. The molecule has 0 aromatic heterocycles. The van der Waals surface area contributed by atoms with Crippen LogP contribution in [0.1, 0.15) is 39.5 Å². The fourth-order valence-electron chi connectivity index (χ4n) is 2.37. The summed E-state index contributed by atoms with van der Waals surface area (Å²) in [6.45, 7) is 4.96. The Kier molecular flexibility index (Phi) is 7.64. The smallest absolute Gasteiger partial charge is 0.150 e. The lowest BCUT2D eigenvalue weighted by Crippen LogP contribution is -2.37. The van der Waals surface area contributed by atoms with Crippen LogP contribution in [-0.2, 0) is 9.84 Å². The summed E-state index contributed by atoms with van der Waals surface area (Å²) in [7, 11) is -2.79. The Labute approximate surface area is 116 Å². The Bertz CT molecular complexity index is 311. The second-order valence-electron chi connectivity index (χ2n) is 5.06. The zero-order chi connectivity index (χ0) is 13.4. The van der Waals surface area contributed by atoms with Gasteiger partial charge >= 0.3 is 0 Å². The van der Waals surface area contributed by atoms with E-state index in [4.69, 9.17) is 0 Å². The van der Waals surface area contributed by atoms with Gasteiger partial charge in [-0.05, 0) is 49.7 Å². The van der Waals surface area contributed by atoms with Crippen molar-refractivity contribution in [2.24, 2.45) is 5.92 Å². The first kappa shape index (κ1) is 16.3. The molecule has 1 heterocycles. The van der Waals surface area contributed by atoms with Gasteiger partial charge in [0.05, 0.1) is 5.75 Å². The highest BCUT2D eigenvalue weighted by Gasteiger charge is 2.24. The maximum absolute atomic E-state index is 11.5. The molecular weight excluding hydrogens is 266 g/mol. The van der Waals surface area contributed by atoms with Crippen LogP contribution in [0.25, 0.3) is 0 Å². The number of nitrogens with one attached hydrogen (secondary N) is 1. The predicted octanol–water partition coefficient (Wildman–Crippen LogP) is 2.32. The molecular formula is C13H27NO2S2. The lowest BCUT2D eigenvalue weighted by molar-refractivity contribution is 0.360. The molecule has 0 amide bonds. The van der Waals surface area contributed by atoms with Crippen molar-refractivity contribution in [1.82, 2.24) is 5.32 Å². The molecule has 0 saturated carbocycles. The van der Waals surface area contributed by atoms with Crippen LogP contribution in [0.5, 0.6) is 0 Å². The molecule has 3 nitrogen and oxygen atoms in total. The molecule has 2 unspecified atom stereocenters. The summed E-state index contributed by atoms with van der Waals surface area (Å²) in [5, 5.41) is 3.61. The first-order valence-corrected chi connectivity index (χ1v) is 10.1. The van der Waals surface area contributed by atoms with Gasteiger partial charge in [-0.15, -0.1) is 0 Å². The van der Waals surface area contributed by atoms with Crippen molar-refractivity contribution in [1.29, 1.82) is 0 Å². The Morgan fingerprint density at radius 1 is 1.39 bits per heavy atom. The van der Waals surface area contributed by atoms with Gasteiger partial charge in [0.1, 0.15) is 9.84 Å². The summed E-state index contributed by atoms with van der Waals surface area (Å²) in [5.41, 5.74) is 0. The number of hydrogen-bond donors (Lipinski definition) is 1. The Morgan fingerprint density at radius 3 is 2.72 bits per heavy atom. The highest BCUT2D eigenvalue weighted by atomic mass is 32.2. The zero-order valence-electron chi connectivity index (χ0n) is 11.7. The highest BCUT2D eigenvalue weighted by molar-refractivity contribution is 7.99. The molecule has 1 fully saturated rings. The van der Waals surface area contributed by atoms with Gasteiger partial charge < -0.3 is 5.32 Å². The van der Waals surface area contributed by atoms with E-state index in [2.05, 4.69) is 12.2 Å². The second kappa shape index (κ2) is 8.43. The third kappa shape index (κ3) is 5.93. The largest absolute Gasteiger partial charge is 0.314 e. The maximum atomic E-state index is 11.5. The summed E-state index contributed by atoms with van der Waals surface area (Å²) in [6, 6.07) is 0.520. The molecule has 2 atom stereocenters. The molecule has 18 heavy (non-hydrogen) atoms. The third-order valence-corrected chi connectivity index (χ3v) is 6.58. The van der Waals surface area contributed by atoms with Crippen LogP contribution in [0.3, 0.4) is 0 Å². The van der Waals surface area contributed by atoms with Gasteiger partial charge in [0.15, 0.2) is 0 Å². The zero-order valence-corrected chi connectivity index (χ0v) is 13.3. The first-order chi connectivity index (χ1) is 8.59. The number of thioether (sulfide) groups is 1. The molecule has 5 heteroatoms. The van der Waals surface area contributed by atoms with E-state index in [0.29, 0.717) is 11.8 Å². The van der Waals surface area contributed by atoms with Crippen LogP contribution in [0.15, 0.2) is 0 Å². The topological polar surface area (TPSA) is 46.2 Å². The van der Waals surface area contributed by atoms with Crippen LogP contribution in [0.4, 0.5) is 0 Å². The number of rotatable bonds is 9. The molecule has 0 aromatic rings. The predicted molar refractivity (Wildman–Crippen MR) is 81.1 cm³/mol. The summed E-state index contributed by atoms with van der Waals surface area (Å²) in [6.07, 6.45) is 4.24. The van der Waals surface area contributed by atoms with Crippen molar-refractivity contribution in [3.63, 3.8) is 0 Å². The Balaban J connectivity index is 2.36. The minimum atomic E-state index is -2.79. The van der Waals surface area contributed by atoms with Crippen LogP contribution < -0.4 is 5.32 Å². The van der Waals surface area contributed by atoms with Crippen molar-refractivity contribution in [3.8, 4) is 0 Å². The van der Waals surface area contributed by atoms with Gasteiger partial charge in [-0.1, -0.05) is 13.8 Å². The Hall–Kier alpha value is 0.260. The molecule has 1 rings (SSSR count). The summed E-state index contributed by atoms with van der Waals surface area (Å²) in [4.78, 5) is 0. The molecule has 0 spiro atoms. The fraction of sp³-hybridized carbons (Fsp3) is 1.00. The van der Waals surface area contributed by atoms with E-state index in [-0.39, 0.29) is 5.75 Å². The average Bonchev–Trinajstić information content (AvgIpc) is 2.87. The Morgan fingerprint density at radius 2 is 2.17 bits per heavy atom. The maximum Gasteiger partial charge on any atom is 0.150 e. The van der Waals surface area contributed by atoms with Gasteiger partial charge in [0.2, 0.25) is 0 Å². The molecule has 0 aliphatic carbocycles. The van der Waals surface area contributed by atoms with Crippen LogP contribution >= 0.6 is 11.8 Å². The molecule has 1 aliphatic rings. The van der Waals surface area contributed by atoms with E-state index >= 15 is 0 Å². The molecule has 1 saturated heterocycles. The van der Waals surface area contributed by atoms with E-state index in [0.717, 1.165) is 31.7 Å². The molecule has 1 N–H and O–H groups in total. The molecule has 0 bridgehead atoms. The van der Waals surface area contributed by atoms with E-state index in [1.54, 1.807) is 6.92 Å². The number of sulfone groups is 1.